The number of halogens is 1. The molecule has 0 rings (SSSR count). The summed E-state index contributed by atoms with van der Waals surface area (Å²) in [6.45, 7) is 8.85. The molecule has 0 aliphatic carbocycles. The molecule has 0 saturated heterocycles. The molecule has 0 spiro atoms. The smallest absolute Gasteiger partial charge is 0.237 e. The van der Waals surface area contributed by atoms with Gasteiger partial charge < -0.3 is 20.9 Å². The van der Waals surface area contributed by atoms with Crippen LogP contribution < -0.4 is 11.1 Å². The van der Waals surface area contributed by atoms with Gasteiger partial charge in [-0.25, -0.2) is 0 Å². The Morgan fingerprint density at radius 2 is 1.83 bits per heavy atom. The maximum Gasteiger partial charge on any atom is 0.237 e. The van der Waals surface area contributed by atoms with Crippen molar-refractivity contribution in [2.45, 2.75) is 39.8 Å². The van der Waals surface area contributed by atoms with E-state index in [1.165, 1.54) is 0 Å². The van der Waals surface area contributed by atoms with Gasteiger partial charge in [-0.3, -0.25) is 4.79 Å². The maximum atomic E-state index is 11.5. The first-order valence-electron chi connectivity index (χ1n) is 6.13. The van der Waals surface area contributed by atoms with Gasteiger partial charge in [-0.1, -0.05) is 27.7 Å². The molecule has 0 aromatic rings. The topological polar surface area (TPSA) is 84.6 Å². The molecule has 5 nitrogen and oxygen atoms in total. The molecule has 1 unspecified atom stereocenters. The monoisotopic (exact) mass is 282 g/mol. The zero-order chi connectivity index (χ0) is 13.4. The fourth-order valence-electron chi connectivity index (χ4n) is 1.14. The van der Waals surface area contributed by atoms with Crippen LogP contribution in [0.1, 0.15) is 27.7 Å². The Kier molecular flexibility index (Phi) is 11.7. The highest BCUT2D eigenvalue weighted by Gasteiger charge is 2.17. The molecular weight excluding hydrogens is 256 g/mol. The van der Waals surface area contributed by atoms with Crippen molar-refractivity contribution in [1.82, 2.24) is 5.32 Å². The van der Waals surface area contributed by atoms with Crippen molar-refractivity contribution in [2.75, 3.05) is 19.8 Å². The highest BCUT2D eigenvalue weighted by molar-refractivity contribution is 5.85. The molecular formula is C12H27ClN2O3. The minimum atomic E-state index is -0.683. The normalized spacial score (nSPS) is 14.2. The van der Waals surface area contributed by atoms with E-state index in [9.17, 15) is 9.90 Å². The van der Waals surface area contributed by atoms with Crippen LogP contribution in [0.25, 0.3) is 0 Å². The summed E-state index contributed by atoms with van der Waals surface area (Å²) in [5.74, 6) is 0.290. The van der Waals surface area contributed by atoms with Crippen LogP contribution in [-0.2, 0) is 9.53 Å². The number of hydrogen-bond donors (Lipinski definition) is 3. The van der Waals surface area contributed by atoms with Gasteiger partial charge in [0.15, 0.2) is 0 Å². The molecule has 0 radical (unpaired) electrons. The lowest BCUT2D eigenvalue weighted by Gasteiger charge is -2.17. The fourth-order valence-corrected chi connectivity index (χ4v) is 1.14. The van der Waals surface area contributed by atoms with Crippen molar-refractivity contribution in [3.05, 3.63) is 0 Å². The molecule has 0 saturated carbocycles. The molecule has 110 valence electrons. The summed E-state index contributed by atoms with van der Waals surface area (Å²) in [6, 6.07) is -0.529. The van der Waals surface area contributed by atoms with Gasteiger partial charge >= 0.3 is 0 Å². The predicted molar refractivity (Wildman–Crippen MR) is 74.7 cm³/mol. The summed E-state index contributed by atoms with van der Waals surface area (Å²) in [5.41, 5.74) is 5.66. The van der Waals surface area contributed by atoms with Crippen molar-refractivity contribution < 1.29 is 14.6 Å². The van der Waals surface area contributed by atoms with Crippen LogP contribution in [0.5, 0.6) is 0 Å². The molecule has 0 aliphatic rings. The minimum absolute atomic E-state index is 0. The zero-order valence-electron chi connectivity index (χ0n) is 11.7. The van der Waals surface area contributed by atoms with Crippen LogP contribution in [0.15, 0.2) is 0 Å². The Labute approximate surface area is 116 Å². The predicted octanol–water partition coefficient (Wildman–Crippen LogP) is 0.541. The Morgan fingerprint density at radius 3 is 2.28 bits per heavy atom. The molecule has 18 heavy (non-hydrogen) atoms. The lowest BCUT2D eigenvalue weighted by atomic mass is 10.1. The number of nitrogens with one attached hydrogen (secondary N) is 1. The molecule has 0 aromatic heterocycles. The van der Waals surface area contributed by atoms with Crippen LogP contribution in [0.3, 0.4) is 0 Å². The molecule has 6 heteroatoms. The third kappa shape index (κ3) is 9.65. The van der Waals surface area contributed by atoms with Crippen molar-refractivity contribution in [2.24, 2.45) is 17.6 Å². The summed E-state index contributed by atoms with van der Waals surface area (Å²) < 4.78 is 5.26. The van der Waals surface area contributed by atoms with Crippen LogP contribution in [0.2, 0.25) is 0 Å². The lowest BCUT2D eigenvalue weighted by molar-refractivity contribution is -0.123. The molecule has 2 atom stereocenters. The molecule has 0 heterocycles. The van der Waals surface area contributed by atoms with Crippen LogP contribution in [-0.4, -0.2) is 42.9 Å². The van der Waals surface area contributed by atoms with E-state index in [1.807, 2.05) is 27.7 Å². The first-order valence-corrected chi connectivity index (χ1v) is 6.13. The summed E-state index contributed by atoms with van der Waals surface area (Å²) in [4.78, 5) is 11.5. The van der Waals surface area contributed by atoms with E-state index in [1.54, 1.807) is 0 Å². The third-order valence-electron chi connectivity index (χ3n) is 2.29. The average Bonchev–Trinajstić information content (AvgIpc) is 2.24. The second-order valence-corrected chi connectivity index (χ2v) is 5.10. The maximum absolute atomic E-state index is 11.5. The number of amides is 1. The number of aliphatic hydroxyl groups is 1. The lowest BCUT2D eigenvalue weighted by Crippen LogP contribution is -2.46. The second-order valence-electron chi connectivity index (χ2n) is 5.10. The summed E-state index contributed by atoms with van der Waals surface area (Å²) in [6.07, 6.45) is -0.683. The summed E-state index contributed by atoms with van der Waals surface area (Å²) >= 11 is 0. The van der Waals surface area contributed by atoms with Crippen LogP contribution in [0, 0.1) is 11.8 Å². The number of carbonyl (C=O) groups excluding carboxylic acids is 1. The number of ether oxygens (including phenoxy) is 1. The van der Waals surface area contributed by atoms with E-state index in [-0.39, 0.29) is 37.4 Å². The number of rotatable bonds is 8. The first-order chi connectivity index (χ1) is 7.84. The van der Waals surface area contributed by atoms with Crippen molar-refractivity contribution in [3.63, 3.8) is 0 Å². The van der Waals surface area contributed by atoms with Crippen molar-refractivity contribution in [1.29, 1.82) is 0 Å². The highest BCUT2D eigenvalue weighted by Crippen LogP contribution is 1.98. The first kappa shape index (κ1) is 20.0. The van der Waals surface area contributed by atoms with Gasteiger partial charge in [0.05, 0.1) is 18.8 Å². The quantitative estimate of drug-likeness (QED) is 0.607. The second kappa shape index (κ2) is 10.6. The number of hydrogen-bond acceptors (Lipinski definition) is 4. The van der Waals surface area contributed by atoms with Gasteiger partial charge in [0.25, 0.3) is 0 Å². The standard InChI is InChI=1S/C12H26N2O3.ClH/c1-8(2)6-17-7-10(15)5-14-12(16)11(13)9(3)4;/h8-11,15H,5-7,13H2,1-4H3,(H,14,16);1H/t10?,11-;/m0./s1. The molecule has 0 bridgehead atoms. The van der Waals surface area contributed by atoms with Gasteiger partial charge in [0.1, 0.15) is 0 Å². The third-order valence-corrected chi connectivity index (χ3v) is 2.29. The molecule has 4 N–H and O–H groups in total. The Hall–Kier alpha value is -0.360. The number of nitrogens with two attached hydrogens (primary N) is 1. The van der Waals surface area contributed by atoms with Gasteiger partial charge in [0, 0.05) is 13.2 Å². The SMILES string of the molecule is CC(C)COCC(O)CNC(=O)[C@@H](N)C(C)C.Cl. The molecule has 1 amide bonds. The average molecular weight is 283 g/mol. The highest BCUT2D eigenvalue weighted by atomic mass is 35.5. The van der Waals surface area contributed by atoms with Crippen molar-refractivity contribution in [3.8, 4) is 0 Å². The molecule has 0 aliphatic heterocycles. The Balaban J connectivity index is 0. The van der Waals surface area contributed by atoms with E-state index in [0.29, 0.717) is 12.5 Å². The number of carbonyl (C=O) groups is 1. The summed E-state index contributed by atoms with van der Waals surface area (Å²) in [7, 11) is 0. The number of aliphatic hydroxyl groups excluding tert-OH is 1. The molecule has 0 fully saturated rings. The largest absolute Gasteiger partial charge is 0.389 e. The van der Waals surface area contributed by atoms with E-state index < -0.39 is 12.1 Å². The van der Waals surface area contributed by atoms with E-state index >= 15 is 0 Å². The van der Waals surface area contributed by atoms with Gasteiger partial charge in [0.2, 0.25) is 5.91 Å². The van der Waals surface area contributed by atoms with Gasteiger partial charge in [-0.05, 0) is 11.8 Å². The minimum Gasteiger partial charge on any atom is -0.389 e. The van der Waals surface area contributed by atoms with Gasteiger partial charge in [-0.15, -0.1) is 12.4 Å². The summed E-state index contributed by atoms with van der Waals surface area (Å²) in [5, 5.41) is 12.2. The zero-order valence-corrected chi connectivity index (χ0v) is 12.5. The van der Waals surface area contributed by atoms with Crippen LogP contribution >= 0.6 is 12.4 Å². The van der Waals surface area contributed by atoms with E-state index in [4.69, 9.17) is 10.5 Å². The Bertz CT molecular complexity index is 225. The fraction of sp³-hybridized carbons (Fsp3) is 0.917. The molecule has 0 aromatic carbocycles. The van der Waals surface area contributed by atoms with Crippen LogP contribution in [0.4, 0.5) is 0 Å². The van der Waals surface area contributed by atoms with E-state index in [2.05, 4.69) is 5.32 Å². The van der Waals surface area contributed by atoms with E-state index in [0.717, 1.165) is 0 Å². The van der Waals surface area contributed by atoms with Gasteiger partial charge in [-0.2, -0.15) is 0 Å². The Morgan fingerprint density at radius 1 is 1.28 bits per heavy atom. The van der Waals surface area contributed by atoms with Crippen molar-refractivity contribution >= 4 is 18.3 Å².